The lowest BCUT2D eigenvalue weighted by Crippen LogP contribution is -2.54. The molecule has 1 aromatic heterocycles. The lowest BCUT2D eigenvalue weighted by molar-refractivity contribution is 0.0738. The van der Waals surface area contributed by atoms with Crippen molar-refractivity contribution in [1.82, 2.24) is 14.9 Å². The smallest absolute Gasteiger partial charge is 0.131 e. The Morgan fingerprint density at radius 1 is 1.21 bits per heavy atom. The van der Waals surface area contributed by atoms with Crippen molar-refractivity contribution in [2.24, 2.45) is 0 Å². The van der Waals surface area contributed by atoms with E-state index in [1.807, 2.05) is 13.0 Å². The van der Waals surface area contributed by atoms with Gasteiger partial charge < -0.3 is 15.5 Å². The molecule has 0 amide bonds. The van der Waals surface area contributed by atoms with E-state index in [-0.39, 0.29) is 0 Å². The summed E-state index contributed by atoms with van der Waals surface area (Å²) in [7, 11) is 4.33. The zero-order chi connectivity index (χ0) is 13.9. The second kappa shape index (κ2) is 5.74. The number of nitrogens with zero attached hydrogens (tertiary/aromatic N) is 3. The van der Waals surface area contributed by atoms with E-state index in [0.717, 1.165) is 30.5 Å². The first-order valence-corrected chi connectivity index (χ1v) is 7.06. The number of hydrogen-bond donors (Lipinski definition) is 2. The number of nitrogens with one attached hydrogen (secondary N) is 2. The van der Waals surface area contributed by atoms with Gasteiger partial charge in [-0.3, -0.25) is 0 Å². The van der Waals surface area contributed by atoms with Gasteiger partial charge in [0.1, 0.15) is 17.5 Å². The van der Waals surface area contributed by atoms with Crippen LogP contribution in [0, 0.1) is 6.92 Å². The molecule has 1 aliphatic carbocycles. The molecule has 0 unspecified atom stereocenters. The predicted molar refractivity (Wildman–Crippen MR) is 79.7 cm³/mol. The fourth-order valence-electron chi connectivity index (χ4n) is 2.55. The summed E-state index contributed by atoms with van der Waals surface area (Å²) < 4.78 is 0. The Morgan fingerprint density at radius 3 is 2.32 bits per heavy atom. The van der Waals surface area contributed by atoms with Crippen molar-refractivity contribution in [2.75, 3.05) is 37.8 Å². The summed E-state index contributed by atoms with van der Waals surface area (Å²) in [6.07, 6.45) is 3.85. The predicted octanol–water partition coefficient (Wildman–Crippen LogP) is 2.11. The Hall–Kier alpha value is -1.36. The Morgan fingerprint density at radius 2 is 1.84 bits per heavy atom. The molecule has 0 spiro atoms. The van der Waals surface area contributed by atoms with Gasteiger partial charge in [-0.15, -0.1) is 0 Å². The third-order valence-corrected chi connectivity index (χ3v) is 4.03. The third kappa shape index (κ3) is 3.15. The maximum Gasteiger partial charge on any atom is 0.131 e. The van der Waals surface area contributed by atoms with Crippen molar-refractivity contribution < 1.29 is 0 Å². The van der Waals surface area contributed by atoms with Crippen molar-refractivity contribution in [3.05, 3.63) is 11.9 Å². The van der Waals surface area contributed by atoms with Crippen LogP contribution in [0.15, 0.2) is 6.07 Å². The van der Waals surface area contributed by atoms with Crippen LogP contribution in [0.25, 0.3) is 0 Å². The lowest BCUT2D eigenvalue weighted by Gasteiger charge is -2.47. The molecule has 0 atom stereocenters. The second-order valence-corrected chi connectivity index (χ2v) is 5.54. The van der Waals surface area contributed by atoms with Gasteiger partial charge in [0.25, 0.3) is 0 Å². The van der Waals surface area contributed by atoms with Crippen LogP contribution < -0.4 is 10.6 Å². The van der Waals surface area contributed by atoms with Crippen LogP contribution in [0.4, 0.5) is 11.6 Å². The van der Waals surface area contributed by atoms with Gasteiger partial charge in [-0.25, -0.2) is 9.97 Å². The molecule has 106 valence electrons. The van der Waals surface area contributed by atoms with Gasteiger partial charge in [0, 0.05) is 24.7 Å². The number of hydrogen-bond acceptors (Lipinski definition) is 5. The minimum atomic E-state index is 0.303. The molecule has 1 heterocycles. The number of likely N-dealkylation sites (N-methyl/N-ethyl adjacent to an activating group) is 1. The molecule has 0 bridgehead atoms. The van der Waals surface area contributed by atoms with E-state index < -0.39 is 0 Å². The summed E-state index contributed by atoms with van der Waals surface area (Å²) in [5.74, 6) is 2.61. The number of rotatable bonds is 6. The molecule has 1 fully saturated rings. The monoisotopic (exact) mass is 263 g/mol. The van der Waals surface area contributed by atoms with E-state index in [2.05, 4.69) is 46.5 Å². The SMILES string of the molecule is CCNc1cc(NCC2(N(C)C)CCC2)nc(C)n1. The molecule has 5 heteroatoms. The first-order chi connectivity index (χ1) is 9.05. The third-order valence-electron chi connectivity index (χ3n) is 4.03. The normalized spacial score (nSPS) is 17.1. The van der Waals surface area contributed by atoms with Crippen LogP contribution in [-0.2, 0) is 0 Å². The average molecular weight is 263 g/mol. The summed E-state index contributed by atoms with van der Waals surface area (Å²) in [6, 6.07) is 1.98. The molecular weight excluding hydrogens is 238 g/mol. The van der Waals surface area contributed by atoms with E-state index in [9.17, 15) is 0 Å². The highest BCUT2D eigenvalue weighted by Crippen LogP contribution is 2.36. The molecule has 0 aliphatic heterocycles. The van der Waals surface area contributed by atoms with Gasteiger partial charge in [-0.2, -0.15) is 0 Å². The van der Waals surface area contributed by atoms with E-state index in [1.165, 1.54) is 19.3 Å². The standard InChI is InChI=1S/C14H25N5/c1-5-15-12-9-13(18-11(2)17-12)16-10-14(19(3)4)7-6-8-14/h9H,5-8,10H2,1-4H3,(H2,15,16,17,18). The molecule has 1 aromatic rings. The zero-order valence-corrected chi connectivity index (χ0v) is 12.5. The van der Waals surface area contributed by atoms with Gasteiger partial charge >= 0.3 is 0 Å². The summed E-state index contributed by atoms with van der Waals surface area (Å²) in [4.78, 5) is 11.2. The van der Waals surface area contributed by atoms with Crippen LogP contribution in [0.3, 0.4) is 0 Å². The van der Waals surface area contributed by atoms with Gasteiger partial charge in [0.15, 0.2) is 0 Å². The topological polar surface area (TPSA) is 53.1 Å². The highest BCUT2D eigenvalue weighted by molar-refractivity contribution is 5.47. The maximum atomic E-state index is 4.46. The van der Waals surface area contributed by atoms with Crippen molar-refractivity contribution in [3.63, 3.8) is 0 Å². The highest BCUT2D eigenvalue weighted by atomic mass is 15.2. The van der Waals surface area contributed by atoms with E-state index in [1.54, 1.807) is 0 Å². The highest BCUT2D eigenvalue weighted by Gasteiger charge is 2.38. The first-order valence-electron chi connectivity index (χ1n) is 7.06. The van der Waals surface area contributed by atoms with Crippen molar-refractivity contribution in [3.8, 4) is 0 Å². The summed E-state index contributed by atoms with van der Waals surface area (Å²) in [5, 5.41) is 6.71. The molecule has 0 radical (unpaired) electrons. The van der Waals surface area contributed by atoms with Gasteiger partial charge in [-0.1, -0.05) is 0 Å². The Kier molecular flexibility index (Phi) is 4.24. The molecule has 0 aromatic carbocycles. The quantitative estimate of drug-likeness (QED) is 0.823. The average Bonchev–Trinajstić information content (AvgIpc) is 2.26. The maximum absolute atomic E-state index is 4.46. The minimum absolute atomic E-state index is 0.303. The fraction of sp³-hybridized carbons (Fsp3) is 0.714. The minimum Gasteiger partial charge on any atom is -0.370 e. The molecule has 1 saturated carbocycles. The lowest BCUT2D eigenvalue weighted by atomic mass is 9.75. The molecule has 2 rings (SSSR count). The van der Waals surface area contributed by atoms with Crippen LogP contribution in [0.1, 0.15) is 32.0 Å². The summed E-state index contributed by atoms with van der Waals surface area (Å²) >= 11 is 0. The number of aryl methyl sites for hydroxylation is 1. The summed E-state index contributed by atoms with van der Waals surface area (Å²) in [6.45, 7) is 5.82. The fourth-order valence-corrected chi connectivity index (χ4v) is 2.55. The Balaban J connectivity index is 2.02. The number of anilines is 2. The van der Waals surface area contributed by atoms with Gasteiger partial charge in [0.05, 0.1) is 0 Å². The Bertz CT molecular complexity index is 426. The van der Waals surface area contributed by atoms with Crippen molar-refractivity contribution in [2.45, 2.75) is 38.6 Å². The first kappa shape index (κ1) is 14.1. The summed E-state index contributed by atoms with van der Waals surface area (Å²) in [5.41, 5.74) is 0.303. The van der Waals surface area contributed by atoms with Gasteiger partial charge in [0.2, 0.25) is 0 Å². The van der Waals surface area contributed by atoms with Gasteiger partial charge in [-0.05, 0) is 47.2 Å². The molecule has 2 N–H and O–H groups in total. The van der Waals surface area contributed by atoms with E-state index >= 15 is 0 Å². The second-order valence-electron chi connectivity index (χ2n) is 5.54. The van der Waals surface area contributed by atoms with E-state index in [0.29, 0.717) is 5.54 Å². The molecule has 19 heavy (non-hydrogen) atoms. The molecular formula is C14H25N5. The molecule has 5 nitrogen and oxygen atoms in total. The van der Waals surface area contributed by atoms with Crippen molar-refractivity contribution >= 4 is 11.6 Å². The van der Waals surface area contributed by atoms with Crippen molar-refractivity contribution in [1.29, 1.82) is 0 Å². The zero-order valence-electron chi connectivity index (χ0n) is 12.5. The molecule has 1 aliphatic rings. The van der Waals surface area contributed by atoms with Crippen LogP contribution in [0.2, 0.25) is 0 Å². The van der Waals surface area contributed by atoms with Crippen LogP contribution in [0.5, 0.6) is 0 Å². The van der Waals surface area contributed by atoms with Crippen LogP contribution in [-0.4, -0.2) is 47.6 Å². The number of aromatic nitrogens is 2. The largest absolute Gasteiger partial charge is 0.370 e. The van der Waals surface area contributed by atoms with E-state index in [4.69, 9.17) is 0 Å². The van der Waals surface area contributed by atoms with Crippen LogP contribution >= 0.6 is 0 Å². The Labute approximate surface area is 115 Å². The molecule has 0 saturated heterocycles.